The van der Waals surface area contributed by atoms with E-state index in [0.29, 0.717) is 31.6 Å². The predicted octanol–water partition coefficient (Wildman–Crippen LogP) is 3.42. The van der Waals surface area contributed by atoms with E-state index in [-0.39, 0.29) is 36.3 Å². The van der Waals surface area contributed by atoms with Gasteiger partial charge in [-0.05, 0) is 51.6 Å². The zero-order chi connectivity index (χ0) is 28.3. The first-order valence-corrected chi connectivity index (χ1v) is 14.1. The standard InChI is InChI=1S/C33H34N6O2/c34-33(35)37-19-30-32(41)39(20-29-27-11-5-3-9-25(27)26-10-4-6-12-28(26)29)16-15-24(38-30)18-36-31(40)23-14-13-21-7-1-2-8-22(21)17-23/h1-14,17,24,29-30,38H,15-16,18-20H2,(H,36,40)(H4,34,35,37)/t24-,30-/m0/s1. The molecule has 0 radical (unpaired) electrons. The van der Waals surface area contributed by atoms with E-state index < -0.39 is 6.04 Å². The summed E-state index contributed by atoms with van der Waals surface area (Å²) < 4.78 is 0. The molecular formula is C33H34N6O2. The molecule has 1 aliphatic heterocycles. The number of nitrogens with one attached hydrogen (secondary N) is 4. The van der Waals surface area contributed by atoms with E-state index in [9.17, 15) is 9.59 Å². The Labute approximate surface area is 239 Å². The molecule has 6 N–H and O–H groups in total. The number of benzene rings is 4. The van der Waals surface area contributed by atoms with Crippen molar-refractivity contribution in [2.75, 3.05) is 26.2 Å². The lowest BCUT2D eigenvalue weighted by Crippen LogP contribution is -2.54. The number of carbonyl (C=O) groups excluding carboxylic acids is 2. The molecular weight excluding hydrogens is 512 g/mol. The largest absolute Gasteiger partial charge is 0.370 e. The second kappa shape index (κ2) is 11.4. The van der Waals surface area contributed by atoms with Crippen LogP contribution < -0.4 is 21.7 Å². The zero-order valence-electron chi connectivity index (χ0n) is 22.8. The van der Waals surface area contributed by atoms with Crippen LogP contribution in [-0.4, -0.2) is 60.9 Å². The van der Waals surface area contributed by atoms with E-state index in [1.165, 1.54) is 22.3 Å². The molecule has 4 aromatic carbocycles. The first-order valence-electron chi connectivity index (χ1n) is 14.1. The minimum absolute atomic E-state index is 0.0380. The number of fused-ring (bicyclic) bond motifs is 4. The number of guanidine groups is 1. The van der Waals surface area contributed by atoms with Crippen LogP contribution in [0.1, 0.15) is 33.8 Å². The van der Waals surface area contributed by atoms with Gasteiger partial charge in [-0.1, -0.05) is 78.9 Å². The Morgan fingerprint density at radius 1 is 0.878 bits per heavy atom. The highest BCUT2D eigenvalue weighted by atomic mass is 16.2. The molecule has 0 unspecified atom stereocenters. The van der Waals surface area contributed by atoms with E-state index in [2.05, 4.69) is 64.5 Å². The van der Waals surface area contributed by atoms with Crippen molar-refractivity contribution in [2.24, 2.45) is 5.73 Å². The average Bonchev–Trinajstić information content (AvgIpc) is 3.23. The third-order valence-corrected chi connectivity index (χ3v) is 8.18. The average molecular weight is 547 g/mol. The van der Waals surface area contributed by atoms with E-state index in [0.717, 1.165) is 10.8 Å². The summed E-state index contributed by atoms with van der Waals surface area (Å²) in [5, 5.41) is 19.0. The van der Waals surface area contributed by atoms with Gasteiger partial charge in [0.05, 0.1) is 0 Å². The first kappa shape index (κ1) is 26.5. The topological polar surface area (TPSA) is 123 Å². The fourth-order valence-corrected chi connectivity index (χ4v) is 6.11. The Balaban J connectivity index is 1.18. The summed E-state index contributed by atoms with van der Waals surface area (Å²) in [5.74, 6) is -0.293. The number of carbonyl (C=O) groups is 2. The van der Waals surface area contributed by atoms with Crippen LogP contribution in [0.15, 0.2) is 91.0 Å². The summed E-state index contributed by atoms with van der Waals surface area (Å²) in [4.78, 5) is 28.8. The van der Waals surface area contributed by atoms with E-state index in [1.807, 2.05) is 47.4 Å². The van der Waals surface area contributed by atoms with Gasteiger partial charge >= 0.3 is 0 Å². The molecule has 2 amide bonds. The molecule has 1 heterocycles. The van der Waals surface area contributed by atoms with Crippen molar-refractivity contribution in [3.05, 3.63) is 108 Å². The molecule has 8 heteroatoms. The Hall–Kier alpha value is -4.69. The van der Waals surface area contributed by atoms with Crippen molar-refractivity contribution < 1.29 is 9.59 Å². The highest BCUT2D eigenvalue weighted by Crippen LogP contribution is 2.44. The van der Waals surface area contributed by atoms with Gasteiger partial charge in [0.15, 0.2) is 5.96 Å². The van der Waals surface area contributed by atoms with Crippen LogP contribution in [0.2, 0.25) is 0 Å². The third-order valence-electron chi connectivity index (χ3n) is 8.18. The number of amides is 2. The van der Waals surface area contributed by atoms with E-state index in [1.54, 1.807) is 0 Å². The van der Waals surface area contributed by atoms with E-state index in [4.69, 9.17) is 11.1 Å². The van der Waals surface area contributed by atoms with Gasteiger partial charge < -0.3 is 21.3 Å². The predicted molar refractivity (Wildman–Crippen MR) is 162 cm³/mol. The van der Waals surface area contributed by atoms with Crippen molar-refractivity contribution in [3.8, 4) is 11.1 Å². The molecule has 41 heavy (non-hydrogen) atoms. The van der Waals surface area contributed by atoms with Gasteiger partial charge in [-0.2, -0.15) is 0 Å². The minimum atomic E-state index is -0.587. The van der Waals surface area contributed by atoms with Gasteiger partial charge in [0.25, 0.3) is 5.91 Å². The van der Waals surface area contributed by atoms with Gasteiger partial charge in [0.2, 0.25) is 5.91 Å². The van der Waals surface area contributed by atoms with Crippen molar-refractivity contribution in [2.45, 2.75) is 24.4 Å². The lowest BCUT2D eigenvalue weighted by atomic mass is 9.96. The Morgan fingerprint density at radius 2 is 1.54 bits per heavy atom. The summed E-state index contributed by atoms with van der Waals surface area (Å²) in [6.07, 6.45) is 0.677. The highest BCUT2D eigenvalue weighted by Gasteiger charge is 2.35. The summed E-state index contributed by atoms with van der Waals surface area (Å²) in [6.45, 7) is 1.68. The molecule has 1 fully saturated rings. The molecule has 0 spiro atoms. The van der Waals surface area contributed by atoms with Gasteiger partial charge in [-0.15, -0.1) is 0 Å². The van der Waals surface area contributed by atoms with Crippen molar-refractivity contribution in [3.63, 3.8) is 0 Å². The molecule has 2 atom stereocenters. The third kappa shape index (κ3) is 5.51. The quantitative estimate of drug-likeness (QED) is 0.180. The van der Waals surface area contributed by atoms with Gasteiger partial charge in [0, 0.05) is 43.7 Å². The summed E-state index contributed by atoms with van der Waals surface area (Å²) in [7, 11) is 0. The van der Waals surface area contributed by atoms with Crippen LogP contribution in [0.4, 0.5) is 0 Å². The van der Waals surface area contributed by atoms with E-state index >= 15 is 0 Å². The molecule has 1 aliphatic carbocycles. The molecule has 1 saturated heterocycles. The number of nitrogens with two attached hydrogens (primary N) is 1. The molecule has 0 aromatic heterocycles. The van der Waals surface area contributed by atoms with Crippen LogP contribution in [0.3, 0.4) is 0 Å². The van der Waals surface area contributed by atoms with Gasteiger partial charge in [-0.3, -0.25) is 20.3 Å². The second-order valence-corrected chi connectivity index (χ2v) is 10.8. The Bertz CT molecular complexity index is 1570. The van der Waals surface area contributed by atoms with Crippen LogP contribution in [-0.2, 0) is 4.79 Å². The maximum atomic E-state index is 13.8. The maximum Gasteiger partial charge on any atom is 0.251 e. The lowest BCUT2D eigenvalue weighted by molar-refractivity contribution is -0.132. The Kier molecular flexibility index (Phi) is 7.39. The minimum Gasteiger partial charge on any atom is -0.370 e. The molecule has 8 nitrogen and oxygen atoms in total. The van der Waals surface area contributed by atoms with Gasteiger partial charge in [-0.25, -0.2) is 0 Å². The molecule has 4 aromatic rings. The highest BCUT2D eigenvalue weighted by molar-refractivity contribution is 5.98. The fourth-order valence-electron chi connectivity index (χ4n) is 6.11. The number of nitrogens with zero attached hydrogens (tertiary/aromatic N) is 1. The molecule has 208 valence electrons. The SMILES string of the molecule is N=C(N)NC[C@@H]1N[C@H](CNC(=O)c2ccc3ccccc3c2)CCN(CC2c3ccccc3-c3ccccc32)C1=O. The smallest absolute Gasteiger partial charge is 0.251 e. The number of hydrogen-bond acceptors (Lipinski definition) is 4. The molecule has 0 bridgehead atoms. The molecule has 0 saturated carbocycles. The lowest BCUT2D eigenvalue weighted by Gasteiger charge is -2.28. The normalized spacial score (nSPS) is 18.4. The van der Waals surface area contributed by atoms with Crippen molar-refractivity contribution in [1.29, 1.82) is 5.41 Å². The Morgan fingerprint density at radius 3 is 2.24 bits per heavy atom. The van der Waals surface area contributed by atoms with Crippen LogP contribution in [0, 0.1) is 5.41 Å². The zero-order valence-corrected chi connectivity index (χ0v) is 22.8. The number of hydrogen-bond donors (Lipinski definition) is 5. The first-order chi connectivity index (χ1) is 20.0. The summed E-state index contributed by atoms with van der Waals surface area (Å²) >= 11 is 0. The van der Waals surface area contributed by atoms with Crippen LogP contribution in [0.5, 0.6) is 0 Å². The summed E-state index contributed by atoms with van der Waals surface area (Å²) in [5.41, 5.74) is 11.1. The van der Waals surface area contributed by atoms with Crippen molar-refractivity contribution in [1.82, 2.24) is 20.9 Å². The summed E-state index contributed by atoms with van der Waals surface area (Å²) in [6, 6.07) is 29.7. The van der Waals surface area contributed by atoms with Crippen molar-refractivity contribution >= 4 is 28.5 Å². The molecule has 6 rings (SSSR count). The molecule has 2 aliphatic rings. The maximum absolute atomic E-state index is 13.8. The van der Waals surface area contributed by atoms with Crippen LogP contribution in [0.25, 0.3) is 21.9 Å². The van der Waals surface area contributed by atoms with Gasteiger partial charge in [0.1, 0.15) is 6.04 Å². The number of rotatable bonds is 7. The second-order valence-electron chi connectivity index (χ2n) is 10.8. The van der Waals surface area contributed by atoms with Crippen LogP contribution >= 0.6 is 0 Å². The fraction of sp³-hybridized carbons (Fsp3) is 0.242. The monoisotopic (exact) mass is 546 g/mol.